The molecule has 0 saturated heterocycles. The molecule has 566 valence electrons. The molecule has 0 aliphatic carbocycles. The molecule has 0 N–H and O–H groups in total. The number of hydrogen-bond donors (Lipinski definition) is 0. The average molecular weight is 1470 g/mol. The SMILES string of the molecule is Cc1cc(C)c(C)c(-c2c3cc(CC(C)C)ncc3cc[n+]2C)c1.Cc1cc(C)c(C)c(-c2c3cnc(C(C)C)cc3cc[n+]2C)c1.Cc1cc(C)c(C)c(-c2c3cnc(CC(C)C)cc3cc[n+]2C)c1.Cc1cc(C)c(C)c(-c2c3cnccc3cc[n+]2C)c1.Cc1cc(C)c(C)c(-c2c3ncccc3cc[n+]2C)c1. The molecular formula is C101H117N10+5. The largest absolute Gasteiger partial charge is 0.264 e. The van der Waals surface area contributed by atoms with Crippen LogP contribution >= 0.6 is 0 Å². The number of rotatable bonds is 10. The van der Waals surface area contributed by atoms with Crippen LogP contribution in [0.1, 0.15) is 148 Å². The molecule has 0 atom stereocenters. The smallest absolute Gasteiger partial charge is 0.239 e. The van der Waals surface area contributed by atoms with Crippen LogP contribution < -0.4 is 22.8 Å². The van der Waals surface area contributed by atoms with Gasteiger partial charge in [0.1, 0.15) is 40.8 Å². The summed E-state index contributed by atoms with van der Waals surface area (Å²) in [5.74, 6) is 1.68. The van der Waals surface area contributed by atoms with E-state index in [1.807, 2.05) is 37.1 Å². The van der Waals surface area contributed by atoms with Crippen LogP contribution in [0.25, 0.3) is 110 Å². The van der Waals surface area contributed by atoms with Crippen molar-refractivity contribution >= 4 is 54.0 Å². The minimum Gasteiger partial charge on any atom is -0.264 e. The maximum atomic E-state index is 4.74. The van der Waals surface area contributed by atoms with Gasteiger partial charge >= 0.3 is 0 Å². The highest BCUT2D eigenvalue weighted by Gasteiger charge is 2.25. The van der Waals surface area contributed by atoms with Gasteiger partial charge < -0.3 is 0 Å². The number of fused-ring (bicyclic) bond motifs is 5. The molecule has 0 fully saturated rings. The molecule has 10 nitrogen and oxygen atoms in total. The Labute approximate surface area is 661 Å². The second kappa shape index (κ2) is 34.4. The zero-order valence-electron chi connectivity index (χ0n) is 71.1. The highest BCUT2D eigenvalue weighted by Crippen LogP contribution is 2.37. The second-order valence-corrected chi connectivity index (χ2v) is 32.6. The summed E-state index contributed by atoms with van der Waals surface area (Å²) in [7, 11) is 10.5. The number of nitrogens with zero attached hydrogens (tertiary/aromatic N) is 10. The van der Waals surface area contributed by atoms with E-state index in [1.165, 1.54) is 200 Å². The van der Waals surface area contributed by atoms with Crippen LogP contribution in [0.15, 0.2) is 196 Å². The van der Waals surface area contributed by atoms with E-state index in [-0.39, 0.29) is 0 Å². The quantitative estimate of drug-likeness (QED) is 0.127. The Morgan fingerprint density at radius 3 is 1.05 bits per heavy atom. The Balaban J connectivity index is 0.000000138. The lowest BCUT2D eigenvalue weighted by Crippen LogP contribution is -2.31. The van der Waals surface area contributed by atoms with Crippen LogP contribution in [-0.2, 0) is 48.1 Å². The Bertz CT molecular complexity index is 5880. The number of benzene rings is 5. The van der Waals surface area contributed by atoms with Crippen molar-refractivity contribution in [3.8, 4) is 56.3 Å². The molecule has 0 saturated carbocycles. The maximum absolute atomic E-state index is 4.74. The molecule has 0 spiro atoms. The highest BCUT2D eigenvalue weighted by molar-refractivity contribution is 5.97. The van der Waals surface area contributed by atoms with Gasteiger partial charge in [-0.1, -0.05) is 106 Å². The monoisotopic (exact) mass is 1470 g/mol. The summed E-state index contributed by atoms with van der Waals surface area (Å²) in [6.07, 6.45) is 24.5. The first-order chi connectivity index (χ1) is 52.8. The van der Waals surface area contributed by atoms with Gasteiger partial charge in [0, 0.05) is 95.4 Å². The third kappa shape index (κ3) is 18.0. The third-order valence-corrected chi connectivity index (χ3v) is 22.2. The van der Waals surface area contributed by atoms with Gasteiger partial charge in [0.05, 0.1) is 49.4 Å². The van der Waals surface area contributed by atoms with Gasteiger partial charge in [-0.05, 0) is 267 Å². The van der Waals surface area contributed by atoms with Crippen molar-refractivity contribution in [1.29, 1.82) is 0 Å². The maximum Gasteiger partial charge on any atom is 0.239 e. The van der Waals surface area contributed by atoms with Crippen molar-refractivity contribution in [2.24, 2.45) is 47.1 Å². The molecule has 0 unspecified atom stereocenters. The van der Waals surface area contributed by atoms with Crippen LogP contribution in [-0.4, -0.2) is 24.9 Å². The normalized spacial score (nSPS) is 11.3. The number of hydrogen-bond acceptors (Lipinski definition) is 5. The van der Waals surface area contributed by atoms with Crippen LogP contribution in [0.2, 0.25) is 0 Å². The standard InChI is InChI=1S/2C22H27N2.C21H25N2.2C18H19N2/c1-14(2)9-19-12-21-18(13-23-19)7-8-24(6)22(21)20-11-15(3)10-16(4)17(20)5;1-14(2)9-19-12-18-7-8-24(6)22(21(18)13-23-19)20-11-15(3)10-16(4)17(20)5;1-13(2)20-11-17-7-8-23(6)21(19(17)12-22-20)18-10-14(3)9-15(4)16(18)5;1-12-9-13(2)14(3)16(10-12)18-17-11-19-7-5-15(17)6-8-20(18)4;1-12-10-13(2)14(3)16(11-12)18-17-15(6-5-8-19-17)7-9-20(18)4/h2*7-8,10-14H,9H2,1-6H3;7-13H,1-6H3;2*5-11H,1-4H3/q5*+1. The first kappa shape index (κ1) is 80.9. The first-order valence-electron chi connectivity index (χ1n) is 39.5. The van der Waals surface area contributed by atoms with Gasteiger partial charge in [0.2, 0.25) is 28.5 Å². The summed E-state index contributed by atoms with van der Waals surface area (Å²) in [5, 5.41) is 11.1. The molecular weight excluding hydrogens is 1350 g/mol. The molecule has 0 aliphatic heterocycles. The summed E-state index contributed by atoms with van der Waals surface area (Å²) in [6.45, 7) is 46.1. The molecule has 0 radical (unpaired) electrons. The number of aromatic nitrogens is 10. The second-order valence-electron chi connectivity index (χ2n) is 32.6. The Morgan fingerprint density at radius 2 is 0.631 bits per heavy atom. The fraction of sp³-hybridized carbons (Fsp3) is 0.307. The van der Waals surface area contributed by atoms with Gasteiger partial charge in [-0.3, -0.25) is 19.9 Å². The van der Waals surface area contributed by atoms with E-state index in [0.717, 1.165) is 24.1 Å². The van der Waals surface area contributed by atoms with Crippen LogP contribution in [0.5, 0.6) is 0 Å². The number of pyridine rings is 10. The zero-order valence-corrected chi connectivity index (χ0v) is 71.1. The molecule has 10 aromatic heterocycles. The van der Waals surface area contributed by atoms with Gasteiger partial charge in [-0.25, -0.2) is 23.3 Å². The van der Waals surface area contributed by atoms with E-state index in [4.69, 9.17) is 9.97 Å². The van der Waals surface area contributed by atoms with E-state index >= 15 is 0 Å². The molecule has 0 aliphatic rings. The van der Waals surface area contributed by atoms with Gasteiger partial charge in [-0.15, -0.1) is 0 Å². The van der Waals surface area contributed by atoms with Crippen LogP contribution in [0.3, 0.4) is 0 Å². The van der Waals surface area contributed by atoms with Gasteiger partial charge in [0.25, 0.3) is 0 Å². The van der Waals surface area contributed by atoms with Crippen molar-refractivity contribution in [2.45, 2.75) is 164 Å². The Hall–Kier alpha value is -11.1. The predicted molar refractivity (Wildman–Crippen MR) is 464 cm³/mol. The van der Waals surface area contributed by atoms with E-state index in [9.17, 15) is 0 Å². The lowest BCUT2D eigenvalue weighted by molar-refractivity contribution is -0.659. The summed E-state index contributed by atoms with van der Waals surface area (Å²) in [6, 6.07) is 46.3. The van der Waals surface area contributed by atoms with Crippen LogP contribution in [0.4, 0.5) is 0 Å². The van der Waals surface area contributed by atoms with Crippen LogP contribution in [0, 0.1) is 116 Å². The minimum absolute atomic E-state index is 0.444. The summed E-state index contributed by atoms with van der Waals surface area (Å²) < 4.78 is 11.0. The molecule has 0 bridgehead atoms. The van der Waals surface area contributed by atoms with Crippen molar-refractivity contribution < 1.29 is 22.8 Å². The van der Waals surface area contributed by atoms with E-state index in [2.05, 4.69) is 377 Å². The van der Waals surface area contributed by atoms with E-state index in [1.54, 1.807) is 0 Å². The fourth-order valence-corrected chi connectivity index (χ4v) is 15.7. The van der Waals surface area contributed by atoms with Crippen molar-refractivity contribution in [1.82, 2.24) is 24.9 Å². The third-order valence-electron chi connectivity index (χ3n) is 22.2. The average Bonchev–Trinajstić information content (AvgIpc) is 0.790. The fourth-order valence-electron chi connectivity index (χ4n) is 15.7. The molecule has 111 heavy (non-hydrogen) atoms. The highest BCUT2D eigenvalue weighted by atomic mass is 15.0. The lowest BCUT2D eigenvalue weighted by atomic mass is 9.94. The van der Waals surface area contributed by atoms with E-state index < -0.39 is 0 Å². The topological polar surface area (TPSA) is 83.8 Å². The first-order valence-corrected chi connectivity index (χ1v) is 39.5. The summed E-state index contributed by atoms with van der Waals surface area (Å²) in [4.78, 5) is 23.0. The summed E-state index contributed by atoms with van der Waals surface area (Å²) in [5.41, 5.74) is 37.1. The molecule has 15 rings (SSSR count). The van der Waals surface area contributed by atoms with E-state index in [0.29, 0.717) is 17.8 Å². The Morgan fingerprint density at radius 1 is 0.288 bits per heavy atom. The number of aryl methyl sites for hydroxylation is 15. The molecule has 10 heterocycles. The predicted octanol–water partition coefficient (Wildman–Crippen LogP) is 21.8. The van der Waals surface area contributed by atoms with Crippen molar-refractivity contribution in [2.75, 3.05) is 0 Å². The summed E-state index contributed by atoms with van der Waals surface area (Å²) >= 11 is 0. The Kier molecular flexibility index (Phi) is 25.1. The minimum atomic E-state index is 0.444. The molecule has 5 aromatic carbocycles. The lowest BCUT2D eigenvalue weighted by Gasteiger charge is -2.12. The van der Waals surface area contributed by atoms with Crippen molar-refractivity contribution in [3.05, 3.63) is 296 Å². The van der Waals surface area contributed by atoms with Gasteiger partial charge in [-0.2, -0.15) is 4.57 Å². The zero-order chi connectivity index (χ0) is 80.1. The molecule has 15 aromatic rings. The molecule has 10 heteroatoms. The van der Waals surface area contributed by atoms with Gasteiger partial charge in [0.15, 0.2) is 31.0 Å². The van der Waals surface area contributed by atoms with Crippen molar-refractivity contribution in [3.63, 3.8) is 0 Å². The molecule has 0 amide bonds.